The third kappa shape index (κ3) is 3.62. The third-order valence-corrected chi connectivity index (χ3v) is 2.42. The SMILES string of the molecule is C=C1NCC(=O)N(C)c2ccccc21.CC.CC. The number of nitrogens with one attached hydrogen (secondary N) is 1. The number of rotatable bonds is 0. The number of anilines is 1. The van der Waals surface area contributed by atoms with Gasteiger partial charge in [0.05, 0.1) is 12.2 Å². The van der Waals surface area contributed by atoms with Crippen LogP contribution >= 0.6 is 0 Å². The molecule has 18 heavy (non-hydrogen) atoms. The van der Waals surface area contributed by atoms with Crippen molar-refractivity contribution >= 4 is 17.3 Å². The Labute approximate surface area is 111 Å². The van der Waals surface area contributed by atoms with Gasteiger partial charge in [-0.3, -0.25) is 4.79 Å². The van der Waals surface area contributed by atoms with Gasteiger partial charge in [0.25, 0.3) is 0 Å². The molecule has 0 aliphatic carbocycles. The van der Waals surface area contributed by atoms with Crippen molar-refractivity contribution in [1.82, 2.24) is 5.32 Å². The molecule has 100 valence electrons. The Kier molecular flexibility index (Phi) is 7.52. The van der Waals surface area contributed by atoms with Crippen LogP contribution in [0.5, 0.6) is 0 Å². The summed E-state index contributed by atoms with van der Waals surface area (Å²) in [6, 6.07) is 7.74. The molecule has 0 unspecified atom stereocenters. The fourth-order valence-electron chi connectivity index (χ4n) is 1.55. The number of hydrogen-bond donors (Lipinski definition) is 1. The molecule has 0 atom stereocenters. The molecule has 1 heterocycles. The van der Waals surface area contributed by atoms with E-state index in [1.165, 1.54) is 0 Å². The highest BCUT2D eigenvalue weighted by molar-refractivity contribution is 5.99. The number of nitrogens with zero attached hydrogens (tertiary/aromatic N) is 1. The summed E-state index contributed by atoms with van der Waals surface area (Å²) in [5.41, 5.74) is 2.70. The van der Waals surface area contributed by atoms with Crippen LogP contribution in [0.1, 0.15) is 33.3 Å². The number of benzene rings is 1. The zero-order valence-corrected chi connectivity index (χ0v) is 12.1. The lowest BCUT2D eigenvalue weighted by Gasteiger charge is -2.16. The molecule has 0 saturated carbocycles. The van der Waals surface area contributed by atoms with E-state index in [-0.39, 0.29) is 5.91 Å². The van der Waals surface area contributed by atoms with E-state index in [1.54, 1.807) is 11.9 Å². The van der Waals surface area contributed by atoms with Gasteiger partial charge in [-0.25, -0.2) is 0 Å². The molecule has 1 amide bonds. The molecule has 0 aromatic heterocycles. The molecule has 1 aliphatic rings. The van der Waals surface area contributed by atoms with Crippen molar-refractivity contribution < 1.29 is 4.79 Å². The maximum absolute atomic E-state index is 11.5. The Morgan fingerprint density at radius 1 is 1.17 bits per heavy atom. The lowest BCUT2D eigenvalue weighted by Crippen LogP contribution is -2.31. The molecule has 0 bridgehead atoms. The van der Waals surface area contributed by atoms with E-state index in [2.05, 4.69) is 11.9 Å². The lowest BCUT2D eigenvalue weighted by molar-refractivity contribution is -0.117. The second-order valence-electron chi connectivity index (χ2n) is 3.30. The summed E-state index contributed by atoms with van der Waals surface area (Å²) in [5, 5.41) is 3.00. The Bertz CT molecular complexity index is 399. The Hall–Kier alpha value is -1.77. The molecule has 0 spiro atoms. The number of likely N-dealkylation sites (N-methyl/N-ethyl adjacent to an activating group) is 1. The Morgan fingerprint density at radius 2 is 1.72 bits per heavy atom. The normalized spacial score (nSPS) is 13.1. The molecule has 1 aliphatic heterocycles. The van der Waals surface area contributed by atoms with Crippen LogP contribution in [0, 0.1) is 0 Å². The van der Waals surface area contributed by atoms with E-state index in [9.17, 15) is 4.79 Å². The van der Waals surface area contributed by atoms with E-state index >= 15 is 0 Å². The van der Waals surface area contributed by atoms with Crippen LogP contribution in [0.25, 0.3) is 5.70 Å². The number of carbonyl (C=O) groups is 1. The predicted molar refractivity (Wildman–Crippen MR) is 79.6 cm³/mol. The van der Waals surface area contributed by atoms with Gasteiger partial charge < -0.3 is 10.2 Å². The molecule has 2 rings (SSSR count). The molecule has 3 nitrogen and oxygen atoms in total. The minimum Gasteiger partial charge on any atom is -0.376 e. The van der Waals surface area contributed by atoms with Gasteiger partial charge in [0, 0.05) is 18.3 Å². The minimum absolute atomic E-state index is 0.0519. The summed E-state index contributed by atoms with van der Waals surface area (Å²) in [6.07, 6.45) is 0. The summed E-state index contributed by atoms with van der Waals surface area (Å²) in [4.78, 5) is 13.2. The highest BCUT2D eigenvalue weighted by Crippen LogP contribution is 2.25. The van der Waals surface area contributed by atoms with Crippen LogP contribution in [0.15, 0.2) is 30.8 Å². The van der Waals surface area contributed by atoms with E-state index in [0.717, 1.165) is 16.9 Å². The largest absolute Gasteiger partial charge is 0.376 e. The summed E-state index contributed by atoms with van der Waals surface area (Å²) < 4.78 is 0. The molecule has 0 saturated heterocycles. The van der Waals surface area contributed by atoms with Gasteiger partial charge in [-0.05, 0) is 6.07 Å². The molecule has 0 radical (unpaired) electrons. The molecule has 1 N–H and O–H groups in total. The zero-order chi connectivity index (χ0) is 14.1. The fourth-order valence-corrected chi connectivity index (χ4v) is 1.55. The molecule has 0 fully saturated rings. The molecule has 3 heteroatoms. The van der Waals surface area contributed by atoms with Crippen LogP contribution < -0.4 is 10.2 Å². The zero-order valence-electron chi connectivity index (χ0n) is 12.1. The second kappa shape index (κ2) is 8.34. The van der Waals surface area contributed by atoms with Crippen molar-refractivity contribution in [3.63, 3.8) is 0 Å². The topological polar surface area (TPSA) is 32.3 Å². The molecular weight excluding hydrogens is 224 g/mol. The number of amides is 1. The van der Waals surface area contributed by atoms with Crippen LogP contribution in [0.4, 0.5) is 5.69 Å². The quantitative estimate of drug-likeness (QED) is 0.764. The van der Waals surface area contributed by atoms with Crippen molar-refractivity contribution in [3.8, 4) is 0 Å². The van der Waals surface area contributed by atoms with Gasteiger partial charge >= 0.3 is 0 Å². The molecule has 1 aromatic rings. The summed E-state index contributed by atoms with van der Waals surface area (Å²) in [6.45, 7) is 12.2. The predicted octanol–water partition coefficient (Wildman–Crippen LogP) is 3.28. The Morgan fingerprint density at radius 3 is 2.33 bits per heavy atom. The number of hydrogen-bond acceptors (Lipinski definition) is 2. The second-order valence-corrected chi connectivity index (χ2v) is 3.30. The lowest BCUT2D eigenvalue weighted by atomic mass is 10.1. The van der Waals surface area contributed by atoms with E-state index in [1.807, 2.05) is 52.0 Å². The van der Waals surface area contributed by atoms with Gasteiger partial charge in [0.15, 0.2) is 0 Å². The van der Waals surface area contributed by atoms with Crippen molar-refractivity contribution in [3.05, 3.63) is 36.4 Å². The molecule has 1 aromatic carbocycles. The first-order valence-electron chi connectivity index (χ1n) is 6.49. The third-order valence-electron chi connectivity index (χ3n) is 2.42. The van der Waals surface area contributed by atoms with Crippen molar-refractivity contribution in [2.75, 3.05) is 18.5 Å². The van der Waals surface area contributed by atoms with Crippen LogP contribution in [-0.2, 0) is 4.79 Å². The first-order chi connectivity index (χ1) is 8.70. The van der Waals surface area contributed by atoms with Gasteiger partial charge in [-0.2, -0.15) is 0 Å². The average molecular weight is 248 g/mol. The number of fused-ring (bicyclic) bond motifs is 1. The van der Waals surface area contributed by atoms with Crippen LogP contribution in [0.2, 0.25) is 0 Å². The van der Waals surface area contributed by atoms with Gasteiger partial charge in [0.2, 0.25) is 5.91 Å². The maximum atomic E-state index is 11.5. The molecular formula is C15H24N2O. The minimum atomic E-state index is 0.0519. The summed E-state index contributed by atoms with van der Waals surface area (Å²) in [5.74, 6) is 0.0519. The van der Waals surface area contributed by atoms with E-state index < -0.39 is 0 Å². The van der Waals surface area contributed by atoms with Crippen molar-refractivity contribution in [2.45, 2.75) is 27.7 Å². The van der Waals surface area contributed by atoms with E-state index in [4.69, 9.17) is 0 Å². The van der Waals surface area contributed by atoms with Gasteiger partial charge in [-0.15, -0.1) is 0 Å². The fraction of sp³-hybridized carbons (Fsp3) is 0.400. The van der Waals surface area contributed by atoms with Crippen LogP contribution in [-0.4, -0.2) is 19.5 Å². The monoisotopic (exact) mass is 248 g/mol. The average Bonchev–Trinajstić information content (AvgIpc) is 2.57. The van der Waals surface area contributed by atoms with Crippen LogP contribution in [0.3, 0.4) is 0 Å². The summed E-state index contributed by atoms with van der Waals surface area (Å²) in [7, 11) is 1.78. The Balaban J connectivity index is 0.000000659. The standard InChI is InChI=1S/C11H12N2O.2C2H6/c1-8-9-5-3-4-6-10(9)13(2)11(14)7-12-8;2*1-2/h3-6,12H,1,7H2,2H3;2*1-2H3. The van der Waals surface area contributed by atoms with Crippen molar-refractivity contribution in [2.24, 2.45) is 0 Å². The van der Waals surface area contributed by atoms with Crippen molar-refractivity contribution in [1.29, 1.82) is 0 Å². The smallest absolute Gasteiger partial charge is 0.246 e. The first-order valence-corrected chi connectivity index (χ1v) is 6.49. The van der Waals surface area contributed by atoms with E-state index in [0.29, 0.717) is 6.54 Å². The highest BCUT2D eigenvalue weighted by atomic mass is 16.2. The van der Waals surface area contributed by atoms with Gasteiger partial charge in [-0.1, -0.05) is 52.5 Å². The first kappa shape index (κ1) is 16.2. The highest BCUT2D eigenvalue weighted by Gasteiger charge is 2.19. The maximum Gasteiger partial charge on any atom is 0.246 e. The van der Waals surface area contributed by atoms with Gasteiger partial charge in [0.1, 0.15) is 0 Å². The number of carbonyl (C=O) groups excluding carboxylic acids is 1. The summed E-state index contributed by atoms with van der Waals surface area (Å²) >= 11 is 0. The number of para-hydroxylation sites is 1.